The number of methoxy groups -OCH3 is 1. The van der Waals surface area contributed by atoms with Crippen LogP contribution < -0.4 is 10.1 Å². The molecule has 0 radical (unpaired) electrons. The third-order valence-electron chi connectivity index (χ3n) is 6.11. The van der Waals surface area contributed by atoms with Crippen LogP contribution in [0.15, 0.2) is 24.3 Å². The molecule has 3 unspecified atom stereocenters. The number of ether oxygens (including phenoxy) is 1. The van der Waals surface area contributed by atoms with Crippen LogP contribution in [0.25, 0.3) is 0 Å². The number of rotatable bonds is 4. The predicted molar refractivity (Wildman–Crippen MR) is 94.0 cm³/mol. The van der Waals surface area contributed by atoms with Crippen LogP contribution in [0.2, 0.25) is 0 Å². The summed E-state index contributed by atoms with van der Waals surface area (Å²) in [6, 6.07) is 9.80. The SMILES string of the molecule is COc1ccc(C2CCCN2C(=O)CC2CC3CCC(C2)N3)cc1. The molecule has 3 saturated heterocycles. The van der Waals surface area contributed by atoms with E-state index in [4.69, 9.17) is 4.74 Å². The van der Waals surface area contributed by atoms with Gasteiger partial charge in [0.2, 0.25) is 5.91 Å². The van der Waals surface area contributed by atoms with Crippen molar-refractivity contribution in [3.05, 3.63) is 29.8 Å². The summed E-state index contributed by atoms with van der Waals surface area (Å²) in [5.41, 5.74) is 1.24. The highest BCUT2D eigenvalue weighted by Crippen LogP contribution is 2.36. The Morgan fingerprint density at radius 2 is 1.88 bits per heavy atom. The zero-order valence-corrected chi connectivity index (χ0v) is 14.5. The van der Waals surface area contributed by atoms with Crippen molar-refractivity contribution in [3.63, 3.8) is 0 Å². The van der Waals surface area contributed by atoms with Crippen molar-refractivity contribution < 1.29 is 9.53 Å². The van der Waals surface area contributed by atoms with Gasteiger partial charge in [0.25, 0.3) is 0 Å². The molecule has 4 rings (SSSR count). The van der Waals surface area contributed by atoms with Crippen LogP contribution in [-0.2, 0) is 4.79 Å². The molecule has 0 aromatic heterocycles. The molecule has 0 spiro atoms. The lowest BCUT2D eigenvalue weighted by atomic mass is 9.89. The molecular formula is C20H28N2O2. The van der Waals surface area contributed by atoms with Gasteiger partial charge in [0.15, 0.2) is 0 Å². The molecule has 3 aliphatic rings. The summed E-state index contributed by atoms with van der Waals surface area (Å²) < 4.78 is 5.25. The quantitative estimate of drug-likeness (QED) is 0.922. The van der Waals surface area contributed by atoms with E-state index in [0.717, 1.165) is 31.6 Å². The smallest absolute Gasteiger partial charge is 0.223 e. The topological polar surface area (TPSA) is 41.6 Å². The second kappa shape index (κ2) is 6.75. The second-order valence-electron chi connectivity index (χ2n) is 7.70. The largest absolute Gasteiger partial charge is 0.497 e. The number of benzene rings is 1. The van der Waals surface area contributed by atoms with Crippen LogP contribution in [0.5, 0.6) is 5.75 Å². The number of nitrogens with one attached hydrogen (secondary N) is 1. The van der Waals surface area contributed by atoms with E-state index in [-0.39, 0.29) is 6.04 Å². The fourth-order valence-corrected chi connectivity index (χ4v) is 4.94. The first kappa shape index (κ1) is 15.9. The first-order chi connectivity index (χ1) is 11.7. The Morgan fingerprint density at radius 1 is 1.17 bits per heavy atom. The molecule has 1 aromatic rings. The fourth-order valence-electron chi connectivity index (χ4n) is 4.94. The lowest BCUT2D eigenvalue weighted by Crippen LogP contribution is -2.40. The van der Waals surface area contributed by atoms with Gasteiger partial charge in [-0.25, -0.2) is 0 Å². The second-order valence-corrected chi connectivity index (χ2v) is 7.70. The van der Waals surface area contributed by atoms with Gasteiger partial charge in [-0.2, -0.15) is 0 Å². The van der Waals surface area contributed by atoms with Crippen LogP contribution in [-0.4, -0.2) is 36.5 Å². The summed E-state index contributed by atoms with van der Waals surface area (Å²) in [4.78, 5) is 15.1. The number of nitrogens with zero attached hydrogens (tertiary/aromatic N) is 1. The molecule has 24 heavy (non-hydrogen) atoms. The Morgan fingerprint density at radius 3 is 2.54 bits per heavy atom. The zero-order chi connectivity index (χ0) is 16.5. The van der Waals surface area contributed by atoms with Crippen LogP contribution in [0.4, 0.5) is 0 Å². The first-order valence-electron chi connectivity index (χ1n) is 9.42. The maximum absolute atomic E-state index is 12.9. The summed E-state index contributed by atoms with van der Waals surface area (Å²) in [6.45, 7) is 0.910. The van der Waals surface area contributed by atoms with Crippen molar-refractivity contribution in [1.82, 2.24) is 10.2 Å². The third kappa shape index (κ3) is 3.16. The third-order valence-corrected chi connectivity index (χ3v) is 6.11. The highest BCUT2D eigenvalue weighted by atomic mass is 16.5. The van der Waals surface area contributed by atoms with Gasteiger partial charge >= 0.3 is 0 Å². The lowest BCUT2D eigenvalue weighted by Gasteiger charge is -2.31. The van der Waals surface area contributed by atoms with E-state index in [9.17, 15) is 4.79 Å². The predicted octanol–water partition coefficient (Wildman–Crippen LogP) is 3.28. The Bertz CT molecular complexity index is 574. The van der Waals surface area contributed by atoms with E-state index < -0.39 is 0 Å². The number of piperidine rings is 1. The maximum Gasteiger partial charge on any atom is 0.223 e. The zero-order valence-electron chi connectivity index (χ0n) is 14.5. The van der Waals surface area contributed by atoms with Crippen molar-refractivity contribution in [2.24, 2.45) is 5.92 Å². The van der Waals surface area contributed by atoms with Crippen molar-refractivity contribution in [3.8, 4) is 5.75 Å². The highest BCUT2D eigenvalue weighted by Gasteiger charge is 2.36. The number of likely N-dealkylation sites (tertiary alicyclic amines) is 1. The van der Waals surface area contributed by atoms with Gasteiger partial charge in [0.05, 0.1) is 13.2 Å². The Kier molecular flexibility index (Phi) is 4.49. The van der Waals surface area contributed by atoms with Crippen molar-refractivity contribution in [1.29, 1.82) is 0 Å². The van der Waals surface area contributed by atoms with E-state index in [1.165, 1.54) is 31.2 Å². The Hall–Kier alpha value is -1.55. The van der Waals surface area contributed by atoms with E-state index in [1.54, 1.807) is 7.11 Å². The Labute approximate surface area is 144 Å². The molecule has 130 valence electrons. The molecule has 1 aromatic carbocycles. The molecule has 1 N–H and O–H groups in total. The molecule has 2 bridgehead atoms. The van der Waals surface area contributed by atoms with Gasteiger partial charge in [-0.15, -0.1) is 0 Å². The minimum absolute atomic E-state index is 0.252. The number of hydrogen-bond donors (Lipinski definition) is 1. The molecule has 4 nitrogen and oxygen atoms in total. The minimum Gasteiger partial charge on any atom is -0.497 e. The van der Waals surface area contributed by atoms with Crippen molar-refractivity contribution in [2.45, 2.75) is 63.1 Å². The number of carbonyl (C=O) groups is 1. The molecule has 1 amide bonds. The highest BCUT2D eigenvalue weighted by molar-refractivity contribution is 5.77. The molecule has 3 heterocycles. The first-order valence-corrected chi connectivity index (χ1v) is 9.42. The maximum atomic E-state index is 12.9. The summed E-state index contributed by atoms with van der Waals surface area (Å²) >= 11 is 0. The van der Waals surface area contributed by atoms with Gasteiger partial charge in [0.1, 0.15) is 5.75 Å². The van der Waals surface area contributed by atoms with Crippen molar-refractivity contribution >= 4 is 5.91 Å². The molecule has 4 heteroatoms. The van der Waals surface area contributed by atoms with E-state index in [2.05, 4.69) is 22.3 Å². The van der Waals surface area contributed by atoms with Crippen LogP contribution in [0, 0.1) is 5.92 Å². The fraction of sp³-hybridized carbons (Fsp3) is 0.650. The van der Waals surface area contributed by atoms with Crippen LogP contribution >= 0.6 is 0 Å². The average molecular weight is 328 g/mol. The van der Waals surface area contributed by atoms with Gasteiger partial charge in [0, 0.05) is 25.0 Å². The van der Waals surface area contributed by atoms with Gasteiger partial charge < -0.3 is 15.0 Å². The van der Waals surface area contributed by atoms with Gasteiger partial charge in [-0.05, 0) is 62.1 Å². The van der Waals surface area contributed by atoms with Crippen molar-refractivity contribution in [2.75, 3.05) is 13.7 Å². The molecule has 0 aliphatic carbocycles. The monoisotopic (exact) mass is 328 g/mol. The van der Waals surface area contributed by atoms with Gasteiger partial charge in [-0.3, -0.25) is 4.79 Å². The summed E-state index contributed by atoms with van der Waals surface area (Å²) in [5, 5.41) is 3.67. The molecule has 3 aliphatic heterocycles. The van der Waals surface area contributed by atoms with E-state index in [0.29, 0.717) is 23.9 Å². The summed E-state index contributed by atoms with van der Waals surface area (Å²) in [5.74, 6) is 1.81. The van der Waals surface area contributed by atoms with Crippen LogP contribution in [0.3, 0.4) is 0 Å². The normalized spacial score (nSPS) is 32.1. The van der Waals surface area contributed by atoms with E-state index in [1.807, 2.05) is 12.1 Å². The van der Waals surface area contributed by atoms with Gasteiger partial charge in [-0.1, -0.05) is 12.1 Å². The van der Waals surface area contributed by atoms with E-state index >= 15 is 0 Å². The number of hydrogen-bond acceptors (Lipinski definition) is 3. The average Bonchev–Trinajstić information content (AvgIpc) is 3.22. The molecule has 0 saturated carbocycles. The number of amides is 1. The standard InChI is InChI=1S/C20H28N2O2/c1-24-18-8-4-15(5-9-18)19-3-2-10-22(19)20(23)13-14-11-16-6-7-17(12-14)21-16/h4-5,8-9,14,16-17,19,21H,2-3,6-7,10-13H2,1H3. The van der Waals surface area contributed by atoms with Crippen LogP contribution in [0.1, 0.15) is 56.6 Å². The summed E-state index contributed by atoms with van der Waals surface area (Å²) in [6.07, 6.45) is 7.89. The lowest BCUT2D eigenvalue weighted by molar-refractivity contribution is -0.133. The molecule has 3 atom stereocenters. The minimum atomic E-state index is 0.252. The summed E-state index contributed by atoms with van der Waals surface area (Å²) in [7, 11) is 1.69. The Balaban J connectivity index is 1.41. The molecular weight excluding hydrogens is 300 g/mol. The molecule has 3 fully saturated rings. The number of fused-ring (bicyclic) bond motifs is 2. The number of carbonyl (C=O) groups excluding carboxylic acids is 1.